The molecular weight excluding hydrogens is 246 g/mol. The molecular formula is C13H15N3O3. The van der Waals surface area contributed by atoms with Crippen LogP contribution in [-0.4, -0.2) is 33.0 Å². The van der Waals surface area contributed by atoms with E-state index in [1.165, 1.54) is 0 Å². The molecule has 1 N–H and O–H groups in total. The van der Waals surface area contributed by atoms with Gasteiger partial charge in [-0.3, -0.25) is 4.79 Å². The minimum Gasteiger partial charge on any atom is -0.481 e. The maximum Gasteiger partial charge on any atom is 0.303 e. The molecule has 19 heavy (non-hydrogen) atoms. The number of ether oxygens (including phenoxy) is 1. The first kappa shape index (κ1) is 13.2. The summed E-state index contributed by atoms with van der Waals surface area (Å²) in [5.41, 5.74) is 1.83. The van der Waals surface area contributed by atoms with Crippen LogP contribution >= 0.6 is 0 Å². The van der Waals surface area contributed by atoms with Gasteiger partial charge in [0.25, 0.3) is 0 Å². The Morgan fingerprint density at radius 1 is 1.47 bits per heavy atom. The lowest BCUT2D eigenvalue weighted by Gasteiger charge is -2.01. The molecule has 1 aromatic carbocycles. The smallest absolute Gasteiger partial charge is 0.303 e. The molecule has 0 unspecified atom stereocenters. The molecule has 2 rings (SSSR count). The van der Waals surface area contributed by atoms with Crippen molar-refractivity contribution < 1.29 is 14.6 Å². The Bertz CT molecular complexity index is 566. The zero-order chi connectivity index (χ0) is 13.7. The van der Waals surface area contributed by atoms with E-state index in [-0.39, 0.29) is 6.42 Å². The molecule has 0 saturated carbocycles. The fourth-order valence-corrected chi connectivity index (χ4v) is 1.74. The highest BCUT2D eigenvalue weighted by atomic mass is 16.5. The third-order valence-corrected chi connectivity index (χ3v) is 2.61. The fraction of sp³-hybridized carbons (Fsp3) is 0.308. The minimum absolute atomic E-state index is 0.120. The lowest BCUT2D eigenvalue weighted by atomic mass is 10.1. The average molecular weight is 261 g/mol. The van der Waals surface area contributed by atoms with Gasteiger partial charge in [0.2, 0.25) is 0 Å². The van der Waals surface area contributed by atoms with E-state index in [9.17, 15) is 4.79 Å². The van der Waals surface area contributed by atoms with Crippen molar-refractivity contribution in [3.63, 3.8) is 0 Å². The van der Waals surface area contributed by atoms with Crippen LogP contribution in [0.1, 0.15) is 12.0 Å². The van der Waals surface area contributed by atoms with E-state index in [1.807, 2.05) is 24.3 Å². The van der Waals surface area contributed by atoms with Gasteiger partial charge >= 0.3 is 5.97 Å². The number of methoxy groups -OCH3 is 1. The Morgan fingerprint density at radius 3 is 3.05 bits per heavy atom. The zero-order valence-corrected chi connectivity index (χ0v) is 10.6. The van der Waals surface area contributed by atoms with Crippen molar-refractivity contribution in [3.05, 3.63) is 36.2 Å². The molecule has 100 valence electrons. The van der Waals surface area contributed by atoms with Crippen LogP contribution in [0.4, 0.5) is 0 Å². The van der Waals surface area contributed by atoms with Crippen molar-refractivity contribution in [2.75, 3.05) is 7.11 Å². The van der Waals surface area contributed by atoms with Crippen molar-refractivity contribution in [2.45, 2.75) is 19.6 Å². The molecule has 0 aliphatic rings. The van der Waals surface area contributed by atoms with Crippen LogP contribution in [0, 0.1) is 0 Å². The van der Waals surface area contributed by atoms with E-state index in [0.29, 0.717) is 19.0 Å². The number of rotatable bonds is 6. The van der Waals surface area contributed by atoms with Crippen LogP contribution < -0.4 is 0 Å². The number of carbonyl (C=O) groups is 1. The summed E-state index contributed by atoms with van der Waals surface area (Å²) < 4.78 is 6.56. The molecule has 0 bridgehead atoms. The minimum atomic E-state index is -0.798. The van der Waals surface area contributed by atoms with E-state index >= 15 is 0 Å². The fourth-order valence-electron chi connectivity index (χ4n) is 1.74. The lowest BCUT2D eigenvalue weighted by Crippen LogP contribution is -2.00. The van der Waals surface area contributed by atoms with Gasteiger partial charge in [-0.1, -0.05) is 18.2 Å². The number of carboxylic acid groups (broad SMARTS) is 1. The van der Waals surface area contributed by atoms with Crippen LogP contribution in [0.3, 0.4) is 0 Å². The Balaban J connectivity index is 2.14. The van der Waals surface area contributed by atoms with Crippen molar-refractivity contribution >= 4 is 5.97 Å². The molecule has 0 radical (unpaired) electrons. The SMILES string of the molecule is COCn1cnc(-c2cccc(CCC(=O)O)c2)n1. The monoisotopic (exact) mass is 261 g/mol. The second kappa shape index (κ2) is 6.10. The van der Waals surface area contributed by atoms with Gasteiger partial charge < -0.3 is 9.84 Å². The quantitative estimate of drug-likeness (QED) is 0.854. The van der Waals surface area contributed by atoms with Gasteiger partial charge in [-0.2, -0.15) is 0 Å². The Hall–Kier alpha value is -2.21. The summed E-state index contributed by atoms with van der Waals surface area (Å²) in [7, 11) is 1.59. The Labute approximate surface area is 110 Å². The molecule has 0 atom stereocenters. The standard InChI is InChI=1S/C13H15N3O3/c1-19-9-16-8-14-13(15-16)11-4-2-3-10(7-11)5-6-12(17)18/h2-4,7-8H,5-6,9H2,1H3,(H,17,18). The number of aryl methyl sites for hydroxylation is 1. The van der Waals surface area contributed by atoms with Gasteiger partial charge in [-0.05, 0) is 18.1 Å². The summed E-state index contributed by atoms with van der Waals surface area (Å²) in [6.45, 7) is 0.353. The highest BCUT2D eigenvalue weighted by Gasteiger charge is 2.06. The molecule has 0 aliphatic carbocycles. The summed E-state index contributed by atoms with van der Waals surface area (Å²) in [6, 6.07) is 7.59. The molecule has 6 nitrogen and oxygen atoms in total. The highest BCUT2D eigenvalue weighted by molar-refractivity contribution is 5.67. The number of carboxylic acids is 1. The first-order valence-electron chi connectivity index (χ1n) is 5.88. The van der Waals surface area contributed by atoms with Gasteiger partial charge in [0, 0.05) is 19.1 Å². The number of aromatic nitrogens is 3. The number of benzene rings is 1. The van der Waals surface area contributed by atoms with Crippen molar-refractivity contribution in [2.24, 2.45) is 0 Å². The van der Waals surface area contributed by atoms with Crippen LogP contribution in [0.15, 0.2) is 30.6 Å². The highest BCUT2D eigenvalue weighted by Crippen LogP contribution is 2.17. The summed E-state index contributed by atoms with van der Waals surface area (Å²) in [5, 5.41) is 13.0. The maximum absolute atomic E-state index is 10.6. The normalized spacial score (nSPS) is 10.6. The molecule has 1 aromatic heterocycles. The summed E-state index contributed by atoms with van der Waals surface area (Å²) in [5.74, 6) is -0.192. The second-order valence-electron chi connectivity index (χ2n) is 4.12. The third-order valence-electron chi connectivity index (χ3n) is 2.61. The van der Waals surface area contributed by atoms with Gasteiger partial charge in [-0.25, -0.2) is 9.67 Å². The molecule has 1 heterocycles. The van der Waals surface area contributed by atoms with Crippen molar-refractivity contribution in [3.8, 4) is 11.4 Å². The number of hydrogen-bond acceptors (Lipinski definition) is 4. The van der Waals surface area contributed by atoms with Gasteiger partial charge in [0.05, 0.1) is 0 Å². The molecule has 0 aliphatic heterocycles. The third kappa shape index (κ3) is 3.62. The summed E-state index contributed by atoms with van der Waals surface area (Å²) >= 11 is 0. The number of hydrogen-bond donors (Lipinski definition) is 1. The van der Waals surface area contributed by atoms with Crippen LogP contribution in [-0.2, 0) is 22.7 Å². The first-order chi connectivity index (χ1) is 9.19. The second-order valence-corrected chi connectivity index (χ2v) is 4.12. The largest absolute Gasteiger partial charge is 0.481 e. The molecule has 2 aromatic rings. The van der Waals surface area contributed by atoms with Crippen molar-refractivity contribution in [1.82, 2.24) is 14.8 Å². The average Bonchev–Trinajstić information content (AvgIpc) is 2.86. The number of nitrogens with zero attached hydrogens (tertiary/aromatic N) is 3. The molecule has 0 spiro atoms. The van der Waals surface area contributed by atoms with Gasteiger partial charge in [0.15, 0.2) is 5.82 Å². The van der Waals surface area contributed by atoms with Crippen LogP contribution in [0.5, 0.6) is 0 Å². The van der Waals surface area contributed by atoms with Gasteiger partial charge in [0.1, 0.15) is 13.1 Å². The summed E-state index contributed by atoms with van der Waals surface area (Å²) in [6.07, 6.45) is 2.22. The lowest BCUT2D eigenvalue weighted by molar-refractivity contribution is -0.136. The van der Waals surface area contributed by atoms with E-state index in [0.717, 1.165) is 11.1 Å². The zero-order valence-electron chi connectivity index (χ0n) is 10.6. The van der Waals surface area contributed by atoms with E-state index in [4.69, 9.17) is 9.84 Å². The molecule has 0 fully saturated rings. The van der Waals surface area contributed by atoms with Crippen molar-refractivity contribution in [1.29, 1.82) is 0 Å². The topological polar surface area (TPSA) is 77.2 Å². The molecule has 6 heteroatoms. The molecule has 0 saturated heterocycles. The maximum atomic E-state index is 10.6. The Morgan fingerprint density at radius 2 is 2.32 bits per heavy atom. The van der Waals surface area contributed by atoms with E-state index in [2.05, 4.69) is 10.1 Å². The first-order valence-corrected chi connectivity index (χ1v) is 5.88. The predicted octanol–water partition coefficient (Wildman–Crippen LogP) is 1.57. The predicted molar refractivity (Wildman–Crippen MR) is 68.4 cm³/mol. The summed E-state index contributed by atoms with van der Waals surface area (Å²) in [4.78, 5) is 14.8. The van der Waals surface area contributed by atoms with Crippen LogP contribution in [0.25, 0.3) is 11.4 Å². The van der Waals surface area contributed by atoms with E-state index in [1.54, 1.807) is 18.1 Å². The van der Waals surface area contributed by atoms with E-state index < -0.39 is 5.97 Å². The Kier molecular flexibility index (Phi) is 4.25. The molecule has 0 amide bonds. The number of aliphatic carboxylic acids is 1. The van der Waals surface area contributed by atoms with Gasteiger partial charge in [-0.15, -0.1) is 5.10 Å². The van der Waals surface area contributed by atoms with Crippen LogP contribution in [0.2, 0.25) is 0 Å².